The number of nitrogens with zero attached hydrogens (tertiary/aromatic N) is 1. The Morgan fingerprint density at radius 2 is 2.05 bits per heavy atom. The van der Waals surface area contributed by atoms with Gasteiger partial charge in [-0.25, -0.2) is 4.98 Å². The highest BCUT2D eigenvalue weighted by Crippen LogP contribution is 2.35. The maximum Gasteiger partial charge on any atom is 0.124 e. The van der Waals surface area contributed by atoms with Crippen molar-refractivity contribution in [1.82, 2.24) is 4.98 Å². The topological polar surface area (TPSA) is 42.4 Å². The van der Waals surface area contributed by atoms with E-state index in [-0.39, 0.29) is 12.0 Å². The van der Waals surface area contributed by atoms with E-state index in [1.807, 2.05) is 31.2 Å². The van der Waals surface area contributed by atoms with Crippen LogP contribution in [0.25, 0.3) is 10.6 Å². The van der Waals surface area contributed by atoms with E-state index in [0.29, 0.717) is 6.61 Å². The largest absolute Gasteiger partial charge is 0.494 e. The highest BCUT2D eigenvalue weighted by molar-refractivity contribution is 7.15. The predicted octanol–water partition coefficient (Wildman–Crippen LogP) is 4.00. The normalized spacial score (nSPS) is 11.7. The van der Waals surface area contributed by atoms with Gasteiger partial charge in [0.05, 0.1) is 23.8 Å². The summed E-state index contributed by atoms with van der Waals surface area (Å²) in [6.07, 6.45) is 0. The van der Waals surface area contributed by atoms with Crippen LogP contribution in [0, 0.1) is 0 Å². The first-order chi connectivity index (χ1) is 9.45. The number of benzene rings is 1. The molecule has 0 unspecified atom stereocenters. The van der Waals surface area contributed by atoms with Gasteiger partial charge in [-0.15, -0.1) is 11.3 Å². The van der Waals surface area contributed by atoms with Gasteiger partial charge in [0, 0.05) is 11.0 Å². The minimum absolute atomic E-state index is 0.0371. The minimum Gasteiger partial charge on any atom is -0.494 e. The molecule has 1 heterocycles. The molecular weight excluding hydrogens is 270 g/mol. The molecule has 0 aliphatic rings. The van der Waals surface area contributed by atoms with E-state index in [1.54, 1.807) is 11.3 Å². The summed E-state index contributed by atoms with van der Waals surface area (Å²) < 4.78 is 5.53. The van der Waals surface area contributed by atoms with Crippen molar-refractivity contribution in [3.05, 3.63) is 34.8 Å². The molecule has 1 aromatic heterocycles. The first-order valence-electron chi connectivity index (χ1n) is 6.80. The Balaban J connectivity index is 2.43. The first kappa shape index (κ1) is 15.0. The number of aliphatic hydroxyl groups is 1. The molecule has 0 saturated heterocycles. The summed E-state index contributed by atoms with van der Waals surface area (Å²) in [5.74, 6) is 0.850. The van der Waals surface area contributed by atoms with E-state index in [4.69, 9.17) is 9.72 Å². The van der Waals surface area contributed by atoms with Crippen molar-refractivity contribution >= 4 is 11.3 Å². The molecule has 2 rings (SSSR count). The van der Waals surface area contributed by atoms with Crippen LogP contribution >= 0.6 is 11.3 Å². The fraction of sp³-hybridized carbons (Fsp3) is 0.438. The van der Waals surface area contributed by atoms with Gasteiger partial charge in [0.2, 0.25) is 0 Å². The van der Waals surface area contributed by atoms with Crippen LogP contribution in [0.1, 0.15) is 38.3 Å². The van der Waals surface area contributed by atoms with Crippen molar-refractivity contribution in [2.45, 2.75) is 39.7 Å². The predicted molar refractivity (Wildman–Crippen MR) is 83.3 cm³/mol. The zero-order valence-electron chi connectivity index (χ0n) is 12.4. The molecular formula is C16H21NO2S. The zero-order valence-corrected chi connectivity index (χ0v) is 13.3. The van der Waals surface area contributed by atoms with Crippen LogP contribution in [0.3, 0.4) is 0 Å². The number of aliphatic hydroxyl groups excluding tert-OH is 1. The fourth-order valence-corrected chi connectivity index (χ4v) is 3.18. The number of ether oxygens (including phenoxy) is 1. The molecule has 1 aromatic carbocycles. The fourth-order valence-electron chi connectivity index (χ4n) is 2.05. The summed E-state index contributed by atoms with van der Waals surface area (Å²) in [7, 11) is 0. The number of hydrogen-bond acceptors (Lipinski definition) is 4. The quantitative estimate of drug-likeness (QED) is 0.926. The Morgan fingerprint density at radius 3 is 2.60 bits per heavy atom. The molecule has 1 N–H and O–H groups in total. The van der Waals surface area contributed by atoms with E-state index in [9.17, 15) is 5.11 Å². The number of thiazole rings is 1. The van der Waals surface area contributed by atoms with Crippen LogP contribution in [0.15, 0.2) is 24.3 Å². The monoisotopic (exact) mass is 291 g/mol. The smallest absolute Gasteiger partial charge is 0.124 e. The van der Waals surface area contributed by atoms with E-state index in [2.05, 4.69) is 20.8 Å². The molecule has 0 radical (unpaired) electrons. The van der Waals surface area contributed by atoms with Crippen molar-refractivity contribution in [1.29, 1.82) is 0 Å². The van der Waals surface area contributed by atoms with Crippen LogP contribution in [0.4, 0.5) is 0 Å². The lowest BCUT2D eigenvalue weighted by molar-refractivity contribution is 0.282. The van der Waals surface area contributed by atoms with Crippen molar-refractivity contribution in [3.8, 4) is 16.3 Å². The molecule has 3 nitrogen and oxygen atoms in total. The summed E-state index contributed by atoms with van der Waals surface area (Å²) >= 11 is 1.55. The summed E-state index contributed by atoms with van der Waals surface area (Å²) in [4.78, 5) is 5.67. The van der Waals surface area contributed by atoms with Crippen LogP contribution in [0.2, 0.25) is 0 Å². The molecule has 0 amide bonds. The van der Waals surface area contributed by atoms with Gasteiger partial charge in [-0.05, 0) is 19.1 Å². The standard InChI is InChI=1S/C16H21NO2S/c1-5-19-12-8-6-7-11(9-12)15-17-14(16(2,3)4)13(10-18)20-15/h6-9,18H,5,10H2,1-4H3. The third-order valence-electron chi connectivity index (χ3n) is 2.94. The SMILES string of the molecule is CCOc1cccc(-c2nc(C(C)(C)C)c(CO)s2)c1. The molecule has 4 heteroatoms. The first-order valence-corrected chi connectivity index (χ1v) is 7.61. The Hall–Kier alpha value is -1.39. The third-order valence-corrected chi connectivity index (χ3v) is 4.03. The molecule has 0 fully saturated rings. The van der Waals surface area contributed by atoms with Crippen LogP contribution in [-0.4, -0.2) is 16.7 Å². The maximum atomic E-state index is 9.53. The summed E-state index contributed by atoms with van der Waals surface area (Å²) in [5.41, 5.74) is 1.94. The lowest BCUT2D eigenvalue weighted by Gasteiger charge is -2.16. The minimum atomic E-state index is -0.0651. The van der Waals surface area contributed by atoms with Crippen LogP contribution in [-0.2, 0) is 12.0 Å². The van der Waals surface area contributed by atoms with E-state index in [0.717, 1.165) is 26.9 Å². The van der Waals surface area contributed by atoms with Gasteiger partial charge >= 0.3 is 0 Å². The Morgan fingerprint density at radius 1 is 1.30 bits per heavy atom. The van der Waals surface area contributed by atoms with Crippen molar-refractivity contribution in [2.75, 3.05) is 6.61 Å². The van der Waals surface area contributed by atoms with Crippen LogP contribution < -0.4 is 4.74 Å². The van der Waals surface area contributed by atoms with Crippen molar-refractivity contribution in [3.63, 3.8) is 0 Å². The van der Waals surface area contributed by atoms with Gasteiger partial charge < -0.3 is 9.84 Å². The lowest BCUT2D eigenvalue weighted by atomic mass is 9.91. The Kier molecular flexibility index (Phi) is 4.45. The van der Waals surface area contributed by atoms with Gasteiger partial charge in [0.1, 0.15) is 10.8 Å². The van der Waals surface area contributed by atoms with E-state index < -0.39 is 0 Å². The highest BCUT2D eigenvalue weighted by Gasteiger charge is 2.23. The Bertz CT molecular complexity index is 584. The maximum absolute atomic E-state index is 9.53. The lowest BCUT2D eigenvalue weighted by Crippen LogP contribution is -2.14. The summed E-state index contributed by atoms with van der Waals surface area (Å²) in [6.45, 7) is 8.99. The zero-order chi connectivity index (χ0) is 14.8. The van der Waals surface area contributed by atoms with Gasteiger partial charge in [-0.2, -0.15) is 0 Å². The van der Waals surface area contributed by atoms with Crippen LogP contribution in [0.5, 0.6) is 5.75 Å². The molecule has 0 spiro atoms. The molecule has 0 aliphatic heterocycles. The molecule has 0 atom stereocenters. The second-order valence-electron chi connectivity index (χ2n) is 5.66. The number of hydrogen-bond donors (Lipinski definition) is 1. The van der Waals surface area contributed by atoms with E-state index >= 15 is 0 Å². The van der Waals surface area contributed by atoms with Gasteiger partial charge in [0.15, 0.2) is 0 Å². The average Bonchev–Trinajstić information content (AvgIpc) is 2.83. The number of rotatable bonds is 4. The average molecular weight is 291 g/mol. The molecule has 2 aromatic rings. The van der Waals surface area contributed by atoms with Crippen molar-refractivity contribution < 1.29 is 9.84 Å². The van der Waals surface area contributed by atoms with Gasteiger partial charge in [-0.3, -0.25) is 0 Å². The van der Waals surface area contributed by atoms with Gasteiger partial charge in [0.25, 0.3) is 0 Å². The second kappa shape index (κ2) is 5.94. The number of aromatic nitrogens is 1. The third kappa shape index (κ3) is 3.19. The summed E-state index contributed by atoms with van der Waals surface area (Å²) in [5, 5.41) is 10.5. The second-order valence-corrected chi connectivity index (χ2v) is 6.74. The highest BCUT2D eigenvalue weighted by atomic mass is 32.1. The summed E-state index contributed by atoms with van der Waals surface area (Å²) in [6, 6.07) is 7.93. The molecule has 20 heavy (non-hydrogen) atoms. The Labute approximate surface area is 124 Å². The van der Waals surface area contributed by atoms with E-state index in [1.165, 1.54) is 0 Å². The molecule has 0 saturated carbocycles. The molecule has 0 aliphatic carbocycles. The van der Waals surface area contributed by atoms with Crippen molar-refractivity contribution in [2.24, 2.45) is 0 Å². The molecule has 0 bridgehead atoms. The van der Waals surface area contributed by atoms with Gasteiger partial charge in [-0.1, -0.05) is 32.9 Å². The molecule has 108 valence electrons.